The number of amides is 1. The minimum atomic E-state index is -0.503. The zero-order valence-electron chi connectivity index (χ0n) is 15.6. The number of piperazine rings is 1. The number of ether oxygens (including phenoxy) is 1. The van der Waals surface area contributed by atoms with E-state index in [1.165, 1.54) is 6.07 Å². The fraction of sp³-hybridized carbons (Fsp3) is 0.333. The number of para-hydroxylation sites is 1. The molecule has 0 unspecified atom stereocenters. The van der Waals surface area contributed by atoms with Crippen LogP contribution in [0.4, 0.5) is 10.1 Å². The molecule has 142 valence electrons. The third-order valence-electron chi connectivity index (χ3n) is 4.89. The first kappa shape index (κ1) is 18.9. The maximum Gasteiger partial charge on any atom is 0.338 e. The molecule has 2 aromatic rings. The second kappa shape index (κ2) is 8.20. The van der Waals surface area contributed by atoms with Gasteiger partial charge in [0.2, 0.25) is 0 Å². The molecule has 1 heterocycles. The molecule has 1 saturated heterocycles. The molecule has 0 aliphatic carbocycles. The van der Waals surface area contributed by atoms with Gasteiger partial charge in [0, 0.05) is 26.2 Å². The van der Waals surface area contributed by atoms with Gasteiger partial charge in [-0.05, 0) is 49.2 Å². The number of carbonyl (C=O) groups is 2. The fourth-order valence-corrected chi connectivity index (χ4v) is 3.08. The highest BCUT2D eigenvalue weighted by Crippen LogP contribution is 2.20. The largest absolute Gasteiger partial charge is 0.452 e. The van der Waals surface area contributed by atoms with Crippen molar-refractivity contribution in [1.82, 2.24) is 4.90 Å². The summed E-state index contributed by atoms with van der Waals surface area (Å²) in [7, 11) is 0. The average Bonchev–Trinajstić information content (AvgIpc) is 2.68. The Bertz CT molecular complexity index is 845. The first-order valence-corrected chi connectivity index (χ1v) is 8.97. The quantitative estimate of drug-likeness (QED) is 0.777. The van der Waals surface area contributed by atoms with Crippen molar-refractivity contribution >= 4 is 17.6 Å². The molecule has 0 spiro atoms. The van der Waals surface area contributed by atoms with Crippen molar-refractivity contribution in [2.75, 3.05) is 37.7 Å². The summed E-state index contributed by atoms with van der Waals surface area (Å²) in [4.78, 5) is 28.0. The van der Waals surface area contributed by atoms with Gasteiger partial charge in [-0.25, -0.2) is 9.18 Å². The number of anilines is 1. The van der Waals surface area contributed by atoms with Gasteiger partial charge >= 0.3 is 5.97 Å². The first-order valence-electron chi connectivity index (χ1n) is 8.97. The van der Waals surface area contributed by atoms with Crippen molar-refractivity contribution in [2.24, 2.45) is 0 Å². The number of rotatable bonds is 4. The fourth-order valence-electron chi connectivity index (χ4n) is 3.08. The van der Waals surface area contributed by atoms with Crippen molar-refractivity contribution in [3.05, 3.63) is 65.0 Å². The summed E-state index contributed by atoms with van der Waals surface area (Å²) < 4.78 is 19.0. The molecule has 1 amide bonds. The molecule has 0 aromatic heterocycles. The number of aryl methyl sites for hydroxylation is 2. The lowest BCUT2D eigenvalue weighted by atomic mass is 10.1. The van der Waals surface area contributed by atoms with Crippen LogP contribution < -0.4 is 4.90 Å². The molecule has 3 rings (SSSR count). The van der Waals surface area contributed by atoms with E-state index in [0.29, 0.717) is 37.4 Å². The van der Waals surface area contributed by atoms with E-state index in [1.807, 2.05) is 24.8 Å². The zero-order valence-corrected chi connectivity index (χ0v) is 15.6. The highest BCUT2D eigenvalue weighted by molar-refractivity contribution is 5.91. The second-order valence-electron chi connectivity index (χ2n) is 6.69. The Morgan fingerprint density at radius 2 is 1.70 bits per heavy atom. The molecule has 1 aliphatic heterocycles. The molecule has 5 nitrogen and oxygen atoms in total. The summed E-state index contributed by atoms with van der Waals surface area (Å²) in [6.45, 7) is 5.62. The van der Waals surface area contributed by atoms with Crippen molar-refractivity contribution in [2.45, 2.75) is 13.8 Å². The van der Waals surface area contributed by atoms with Gasteiger partial charge in [-0.2, -0.15) is 0 Å². The van der Waals surface area contributed by atoms with Crippen LogP contribution in [-0.4, -0.2) is 49.6 Å². The Hall–Kier alpha value is -2.89. The minimum absolute atomic E-state index is 0.236. The Balaban J connectivity index is 1.50. The molecular weight excluding hydrogens is 347 g/mol. The van der Waals surface area contributed by atoms with E-state index in [0.717, 1.165) is 11.1 Å². The lowest BCUT2D eigenvalue weighted by Crippen LogP contribution is -2.50. The van der Waals surface area contributed by atoms with Crippen LogP contribution in [0.15, 0.2) is 42.5 Å². The SMILES string of the molecule is Cc1ccc(C(=O)OCC(=O)N2CCN(c3ccccc3F)CC2)cc1C. The van der Waals surface area contributed by atoms with E-state index in [9.17, 15) is 14.0 Å². The topological polar surface area (TPSA) is 49.9 Å². The molecule has 27 heavy (non-hydrogen) atoms. The third-order valence-corrected chi connectivity index (χ3v) is 4.89. The van der Waals surface area contributed by atoms with Crippen molar-refractivity contribution in [3.8, 4) is 0 Å². The molecule has 0 N–H and O–H groups in total. The van der Waals surface area contributed by atoms with E-state index >= 15 is 0 Å². The Kier molecular flexibility index (Phi) is 5.74. The molecule has 1 aliphatic rings. The number of nitrogens with zero attached hydrogens (tertiary/aromatic N) is 2. The number of halogens is 1. The van der Waals surface area contributed by atoms with Crippen LogP contribution in [0.5, 0.6) is 0 Å². The molecule has 0 atom stereocenters. The minimum Gasteiger partial charge on any atom is -0.452 e. The van der Waals surface area contributed by atoms with Crippen LogP contribution in [-0.2, 0) is 9.53 Å². The zero-order chi connectivity index (χ0) is 19.4. The van der Waals surface area contributed by atoms with Crippen molar-refractivity contribution < 1.29 is 18.7 Å². The number of hydrogen-bond donors (Lipinski definition) is 0. The predicted molar refractivity (Wildman–Crippen MR) is 101 cm³/mol. The summed E-state index contributed by atoms with van der Waals surface area (Å²) in [5.41, 5.74) is 3.08. The highest BCUT2D eigenvalue weighted by Gasteiger charge is 2.23. The van der Waals surface area contributed by atoms with Crippen molar-refractivity contribution in [1.29, 1.82) is 0 Å². The molecule has 1 fully saturated rings. The molecular formula is C21H23FN2O3. The Morgan fingerprint density at radius 1 is 1.00 bits per heavy atom. The number of esters is 1. The van der Waals surface area contributed by atoms with Gasteiger partial charge in [0.1, 0.15) is 5.82 Å². The standard InChI is InChI=1S/C21H23FN2O3/c1-15-7-8-17(13-16(15)2)21(26)27-14-20(25)24-11-9-23(10-12-24)19-6-4-3-5-18(19)22/h3-8,13H,9-12,14H2,1-2H3. The first-order chi connectivity index (χ1) is 13.0. The smallest absolute Gasteiger partial charge is 0.338 e. The third kappa shape index (κ3) is 4.45. The van der Waals surface area contributed by atoms with Gasteiger partial charge in [0.15, 0.2) is 6.61 Å². The molecule has 6 heteroatoms. The molecule has 0 bridgehead atoms. The van der Waals surface area contributed by atoms with Gasteiger partial charge in [-0.15, -0.1) is 0 Å². The predicted octanol–water partition coefficient (Wildman–Crippen LogP) is 2.95. The van der Waals surface area contributed by atoms with Gasteiger partial charge < -0.3 is 14.5 Å². The summed E-state index contributed by atoms with van der Waals surface area (Å²) in [5, 5.41) is 0. The van der Waals surface area contributed by atoms with Gasteiger partial charge in [-0.1, -0.05) is 18.2 Å². The summed E-state index contributed by atoms with van der Waals surface area (Å²) >= 11 is 0. The van der Waals surface area contributed by atoms with E-state index < -0.39 is 5.97 Å². The van der Waals surface area contributed by atoms with Crippen LogP contribution in [0.3, 0.4) is 0 Å². The number of hydrogen-bond acceptors (Lipinski definition) is 4. The lowest BCUT2D eigenvalue weighted by molar-refractivity contribution is -0.134. The van der Waals surface area contributed by atoms with Crippen LogP contribution in [0.25, 0.3) is 0 Å². The monoisotopic (exact) mass is 370 g/mol. The second-order valence-corrected chi connectivity index (χ2v) is 6.69. The Labute approximate surface area is 158 Å². The molecule has 0 radical (unpaired) electrons. The average molecular weight is 370 g/mol. The Morgan fingerprint density at radius 3 is 2.37 bits per heavy atom. The summed E-state index contributed by atoms with van der Waals surface area (Å²) in [6, 6.07) is 11.9. The maximum atomic E-state index is 13.9. The number of carbonyl (C=O) groups excluding carboxylic acids is 2. The van der Waals surface area contributed by atoms with E-state index in [-0.39, 0.29) is 18.3 Å². The van der Waals surface area contributed by atoms with Crippen LogP contribution >= 0.6 is 0 Å². The van der Waals surface area contributed by atoms with Crippen LogP contribution in [0.1, 0.15) is 21.5 Å². The van der Waals surface area contributed by atoms with Crippen LogP contribution in [0.2, 0.25) is 0 Å². The normalized spacial score (nSPS) is 14.2. The van der Waals surface area contributed by atoms with Crippen molar-refractivity contribution in [3.63, 3.8) is 0 Å². The maximum absolute atomic E-state index is 13.9. The molecule has 0 saturated carbocycles. The van der Waals surface area contributed by atoms with E-state index in [1.54, 1.807) is 35.2 Å². The van der Waals surface area contributed by atoms with Gasteiger partial charge in [0.05, 0.1) is 11.3 Å². The van der Waals surface area contributed by atoms with E-state index in [2.05, 4.69) is 0 Å². The van der Waals surface area contributed by atoms with Gasteiger partial charge in [-0.3, -0.25) is 4.79 Å². The van der Waals surface area contributed by atoms with E-state index in [4.69, 9.17) is 4.74 Å². The summed E-state index contributed by atoms with van der Waals surface area (Å²) in [5.74, 6) is -1.00. The van der Waals surface area contributed by atoms with Gasteiger partial charge in [0.25, 0.3) is 5.91 Å². The highest BCUT2D eigenvalue weighted by atomic mass is 19.1. The number of benzene rings is 2. The lowest BCUT2D eigenvalue weighted by Gasteiger charge is -2.36. The molecule has 2 aromatic carbocycles. The van der Waals surface area contributed by atoms with Crippen LogP contribution in [0, 0.1) is 19.7 Å². The summed E-state index contributed by atoms with van der Waals surface area (Å²) in [6.07, 6.45) is 0.